The van der Waals surface area contributed by atoms with E-state index in [2.05, 4.69) is 45.4 Å². The Kier molecular flexibility index (Phi) is 5.65. The van der Waals surface area contributed by atoms with Gasteiger partial charge < -0.3 is 11.1 Å². The number of amides is 1. The zero-order chi connectivity index (χ0) is 16.1. The van der Waals surface area contributed by atoms with E-state index >= 15 is 0 Å². The van der Waals surface area contributed by atoms with Crippen molar-refractivity contribution in [3.8, 4) is 0 Å². The molecule has 1 aliphatic heterocycles. The van der Waals surface area contributed by atoms with E-state index in [1.807, 2.05) is 0 Å². The third-order valence-corrected chi connectivity index (χ3v) is 4.84. The molecule has 0 aromatic heterocycles. The fourth-order valence-corrected chi connectivity index (χ4v) is 3.13. The maximum atomic E-state index is 12.0. The van der Waals surface area contributed by atoms with Crippen LogP contribution in [0.4, 0.5) is 0 Å². The smallest absolute Gasteiger partial charge is 0.234 e. The molecule has 23 heavy (non-hydrogen) atoms. The molecule has 1 atom stereocenters. The average Bonchev–Trinajstić information content (AvgIpc) is 3.40. The first-order chi connectivity index (χ1) is 11.2. The highest BCUT2D eigenvalue weighted by molar-refractivity contribution is 5.78. The van der Waals surface area contributed by atoms with Gasteiger partial charge in [-0.25, -0.2) is 0 Å². The number of piperazine rings is 1. The van der Waals surface area contributed by atoms with Gasteiger partial charge in [-0.1, -0.05) is 30.3 Å². The van der Waals surface area contributed by atoms with Crippen LogP contribution in [0.5, 0.6) is 0 Å². The van der Waals surface area contributed by atoms with Crippen LogP contribution in [0.3, 0.4) is 0 Å². The molecule has 1 aromatic rings. The Bertz CT molecular complexity index is 495. The van der Waals surface area contributed by atoms with Crippen LogP contribution in [0.25, 0.3) is 0 Å². The number of hydrogen-bond acceptors (Lipinski definition) is 4. The molecule has 5 nitrogen and oxygen atoms in total. The number of nitrogens with two attached hydrogens (primary N) is 1. The topological polar surface area (TPSA) is 61.6 Å². The molecule has 2 aliphatic rings. The van der Waals surface area contributed by atoms with Crippen molar-refractivity contribution >= 4 is 5.91 Å². The van der Waals surface area contributed by atoms with Gasteiger partial charge in [-0.05, 0) is 24.3 Å². The highest BCUT2D eigenvalue weighted by atomic mass is 16.2. The number of nitrogens with one attached hydrogen (secondary N) is 1. The third kappa shape index (κ3) is 5.30. The second kappa shape index (κ2) is 7.90. The van der Waals surface area contributed by atoms with E-state index in [1.165, 1.54) is 18.4 Å². The van der Waals surface area contributed by atoms with E-state index in [1.54, 1.807) is 0 Å². The SMILES string of the molecule is NC(CNC(=O)CN1CCN(Cc2ccccc2)CC1)C1CC1. The number of nitrogens with zero attached hydrogens (tertiary/aromatic N) is 2. The molecule has 0 spiro atoms. The standard InChI is InChI=1S/C18H28N4O/c19-17(16-6-7-16)12-20-18(23)14-22-10-8-21(9-11-22)13-15-4-2-1-3-5-15/h1-5,16-17H,6-14,19H2,(H,20,23). The predicted octanol–water partition coefficient (Wildman–Crippen LogP) is 0.658. The Morgan fingerprint density at radius 1 is 1.13 bits per heavy atom. The lowest BCUT2D eigenvalue weighted by Crippen LogP contribution is -2.50. The molecule has 1 aliphatic carbocycles. The predicted molar refractivity (Wildman–Crippen MR) is 91.9 cm³/mol. The first-order valence-electron chi connectivity index (χ1n) is 8.71. The van der Waals surface area contributed by atoms with Gasteiger partial charge in [0.2, 0.25) is 5.91 Å². The van der Waals surface area contributed by atoms with Crippen molar-refractivity contribution in [1.29, 1.82) is 0 Å². The van der Waals surface area contributed by atoms with Gasteiger partial charge in [0.1, 0.15) is 0 Å². The van der Waals surface area contributed by atoms with Crippen LogP contribution in [-0.4, -0.2) is 61.0 Å². The van der Waals surface area contributed by atoms with Crippen LogP contribution in [0.2, 0.25) is 0 Å². The monoisotopic (exact) mass is 316 g/mol. The molecule has 3 N–H and O–H groups in total. The van der Waals surface area contributed by atoms with Crippen molar-refractivity contribution in [2.45, 2.75) is 25.4 Å². The highest BCUT2D eigenvalue weighted by Crippen LogP contribution is 2.31. The Morgan fingerprint density at radius 2 is 1.78 bits per heavy atom. The van der Waals surface area contributed by atoms with Gasteiger partial charge in [-0.15, -0.1) is 0 Å². The summed E-state index contributed by atoms with van der Waals surface area (Å²) < 4.78 is 0. The maximum absolute atomic E-state index is 12.0. The van der Waals surface area contributed by atoms with Crippen LogP contribution in [0.1, 0.15) is 18.4 Å². The van der Waals surface area contributed by atoms with Crippen molar-refractivity contribution in [1.82, 2.24) is 15.1 Å². The molecule has 1 amide bonds. The van der Waals surface area contributed by atoms with Gasteiger partial charge >= 0.3 is 0 Å². The van der Waals surface area contributed by atoms with Crippen LogP contribution in [-0.2, 0) is 11.3 Å². The lowest BCUT2D eigenvalue weighted by Gasteiger charge is -2.34. The van der Waals surface area contributed by atoms with Crippen molar-refractivity contribution in [2.75, 3.05) is 39.3 Å². The summed E-state index contributed by atoms with van der Waals surface area (Å²) in [6.45, 7) is 6.06. The van der Waals surface area contributed by atoms with Crippen molar-refractivity contribution < 1.29 is 4.79 Å². The molecule has 0 radical (unpaired) electrons. The van der Waals surface area contributed by atoms with Gasteiger partial charge in [-0.3, -0.25) is 14.6 Å². The normalized spacial score (nSPS) is 21.1. The summed E-state index contributed by atoms with van der Waals surface area (Å²) in [6, 6.07) is 10.7. The molecule has 1 saturated carbocycles. The minimum absolute atomic E-state index is 0.109. The number of hydrogen-bond donors (Lipinski definition) is 2. The molecule has 1 saturated heterocycles. The molecule has 0 bridgehead atoms. The maximum Gasteiger partial charge on any atom is 0.234 e. The molecule has 5 heteroatoms. The summed E-state index contributed by atoms with van der Waals surface area (Å²) >= 11 is 0. The van der Waals surface area contributed by atoms with Crippen molar-refractivity contribution in [3.05, 3.63) is 35.9 Å². The Labute approximate surface area is 138 Å². The van der Waals surface area contributed by atoms with Gasteiger partial charge in [0.05, 0.1) is 6.54 Å². The molecule has 2 fully saturated rings. The van der Waals surface area contributed by atoms with Crippen molar-refractivity contribution in [2.24, 2.45) is 11.7 Å². The third-order valence-electron chi connectivity index (χ3n) is 4.84. The summed E-state index contributed by atoms with van der Waals surface area (Å²) in [5, 5.41) is 2.98. The fourth-order valence-electron chi connectivity index (χ4n) is 3.13. The summed E-state index contributed by atoms with van der Waals surface area (Å²) in [5.41, 5.74) is 7.37. The number of rotatable bonds is 7. The minimum atomic E-state index is 0.109. The van der Waals surface area contributed by atoms with Crippen LogP contribution >= 0.6 is 0 Å². The first kappa shape index (κ1) is 16.4. The van der Waals surface area contributed by atoms with E-state index < -0.39 is 0 Å². The van der Waals surface area contributed by atoms with E-state index in [-0.39, 0.29) is 11.9 Å². The summed E-state index contributed by atoms with van der Waals surface area (Å²) in [7, 11) is 0. The molecule has 1 unspecified atom stereocenters. The van der Waals surface area contributed by atoms with E-state index in [0.717, 1.165) is 32.7 Å². The van der Waals surface area contributed by atoms with Crippen LogP contribution in [0, 0.1) is 5.92 Å². The molecular weight excluding hydrogens is 288 g/mol. The summed E-state index contributed by atoms with van der Waals surface area (Å²) in [4.78, 5) is 16.7. The molecule has 126 valence electrons. The molecular formula is C18H28N4O. The second-order valence-corrected chi connectivity index (χ2v) is 6.84. The quantitative estimate of drug-likeness (QED) is 0.776. The van der Waals surface area contributed by atoms with E-state index in [0.29, 0.717) is 19.0 Å². The zero-order valence-corrected chi connectivity index (χ0v) is 13.8. The van der Waals surface area contributed by atoms with Gasteiger partial charge in [0.25, 0.3) is 0 Å². The Balaban J connectivity index is 1.33. The van der Waals surface area contributed by atoms with Crippen LogP contribution < -0.4 is 11.1 Å². The largest absolute Gasteiger partial charge is 0.353 e. The van der Waals surface area contributed by atoms with Crippen molar-refractivity contribution in [3.63, 3.8) is 0 Å². The summed E-state index contributed by atoms with van der Waals surface area (Å²) in [5.74, 6) is 0.745. The van der Waals surface area contributed by atoms with E-state index in [4.69, 9.17) is 5.73 Å². The highest BCUT2D eigenvalue weighted by Gasteiger charge is 2.28. The van der Waals surface area contributed by atoms with Gasteiger partial charge in [0, 0.05) is 45.3 Å². The number of benzene rings is 1. The first-order valence-corrected chi connectivity index (χ1v) is 8.71. The Morgan fingerprint density at radius 3 is 2.43 bits per heavy atom. The Hall–Kier alpha value is -1.43. The molecule has 1 aromatic carbocycles. The molecule has 1 heterocycles. The second-order valence-electron chi connectivity index (χ2n) is 6.84. The van der Waals surface area contributed by atoms with E-state index in [9.17, 15) is 4.79 Å². The lowest BCUT2D eigenvalue weighted by atomic mass is 10.2. The fraction of sp³-hybridized carbons (Fsp3) is 0.611. The van der Waals surface area contributed by atoms with Gasteiger partial charge in [0.15, 0.2) is 0 Å². The number of carbonyl (C=O) groups excluding carboxylic acids is 1. The lowest BCUT2D eigenvalue weighted by molar-refractivity contribution is -0.122. The average molecular weight is 316 g/mol. The number of carbonyl (C=O) groups is 1. The minimum Gasteiger partial charge on any atom is -0.353 e. The zero-order valence-electron chi connectivity index (χ0n) is 13.8. The molecule has 3 rings (SSSR count). The van der Waals surface area contributed by atoms with Crippen LogP contribution in [0.15, 0.2) is 30.3 Å². The van der Waals surface area contributed by atoms with Gasteiger partial charge in [-0.2, -0.15) is 0 Å². The summed E-state index contributed by atoms with van der Waals surface area (Å²) in [6.07, 6.45) is 2.45.